The van der Waals surface area contributed by atoms with Crippen LogP contribution in [-0.4, -0.2) is 23.9 Å². The van der Waals surface area contributed by atoms with Crippen molar-refractivity contribution in [3.05, 3.63) is 23.8 Å². The van der Waals surface area contributed by atoms with E-state index in [1.807, 2.05) is 0 Å². The van der Waals surface area contributed by atoms with Crippen molar-refractivity contribution in [2.45, 2.75) is 31.9 Å². The number of sulfonamides is 1. The number of nitrogens with two attached hydrogens (primary N) is 1. The maximum Gasteiger partial charge on any atom is 0.256 e. The zero-order chi connectivity index (χ0) is 12.5. The van der Waals surface area contributed by atoms with Gasteiger partial charge in [-0.2, -0.15) is 0 Å². The number of hydrogen-bond donors (Lipinski definition) is 2. The van der Waals surface area contributed by atoms with E-state index in [1.165, 1.54) is 19.3 Å². The fourth-order valence-electron chi connectivity index (χ4n) is 1.36. The average Bonchev–Trinajstić information content (AvgIpc) is 2.14. The maximum absolute atomic E-state index is 11.2. The van der Waals surface area contributed by atoms with Crippen LogP contribution in [0.15, 0.2) is 12.4 Å². The molecular weight excluding hydrogens is 230 g/mol. The van der Waals surface area contributed by atoms with Crippen LogP contribution in [0.5, 0.6) is 0 Å². The number of aryl methyl sites for hydroxylation is 1. The van der Waals surface area contributed by atoms with Gasteiger partial charge in [-0.05, 0) is 13.8 Å². The second kappa shape index (κ2) is 4.34. The molecule has 1 heterocycles. The van der Waals surface area contributed by atoms with E-state index in [-0.39, 0.29) is 0 Å². The largest absolute Gasteiger partial charge is 0.285 e. The molecule has 0 aliphatic rings. The van der Waals surface area contributed by atoms with Crippen molar-refractivity contribution >= 4 is 10.0 Å². The van der Waals surface area contributed by atoms with Crippen LogP contribution in [0.1, 0.15) is 31.2 Å². The van der Waals surface area contributed by atoms with Crippen molar-refractivity contribution in [2.75, 3.05) is 0 Å². The van der Waals surface area contributed by atoms with Crippen LogP contribution in [0.4, 0.5) is 0 Å². The molecule has 0 unspecified atom stereocenters. The highest BCUT2D eigenvalue weighted by Gasteiger charge is 2.31. The number of rotatable bonds is 3. The molecule has 0 radical (unpaired) electrons. The van der Waals surface area contributed by atoms with Crippen LogP contribution in [0, 0.1) is 6.92 Å². The van der Waals surface area contributed by atoms with Crippen LogP contribution in [0.2, 0.25) is 0 Å². The standard InChI is InChI=1S/C9H16N3O3S/c1-6-5-12(13)9(4-11-6)7(2)8(3)16(10,14)15/h4-5,7-8H,1-3H3,(H,11,13)(H2,10,14,15)/q+1/t7-,8-/m0/s1. The topological polar surface area (TPSA) is 97.2 Å². The molecular formula is C9H16N3O3S+. The predicted octanol–water partition coefficient (Wildman–Crippen LogP) is -0.305. The van der Waals surface area contributed by atoms with Crippen molar-refractivity contribution in [1.82, 2.24) is 4.98 Å². The lowest BCUT2D eigenvalue weighted by molar-refractivity contribution is -0.910. The highest BCUT2D eigenvalue weighted by molar-refractivity contribution is 7.89. The summed E-state index contributed by atoms with van der Waals surface area (Å²) in [6, 6.07) is 0. The van der Waals surface area contributed by atoms with Gasteiger partial charge in [0.25, 0.3) is 5.69 Å². The second-order valence-electron chi connectivity index (χ2n) is 3.88. The number of nitrogens with zero attached hydrogens (tertiary/aromatic N) is 2. The SMILES string of the molecule is Cc1c[n+](O)c([C@@H](C)[C@H](C)S(N)(=O)=O)cn1. The Morgan fingerprint density at radius 2 is 2.06 bits per heavy atom. The summed E-state index contributed by atoms with van der Waals surface area (Å²) in [6.45, 7) is 4.90. The molecule has 90 valence electrons. The number of aromatic nitrogens is 2. The molecule has 1 aromatic rings. The molecule has 7 heteroatoms. The number of hydrogen-bond acceptors (Lipinski definition) is 4. The number of primary sulfonamides is 1. The van der Waals surface area contributed by atoms with E-state index in [1.54, 1.807) is 13.8 Å². The van der Waals surface area contributed by atoms with Crippen molar-refractivity contribution < 1.29 is 18.4 Å². The van der Waals surface area contributed by atoms with Crippen molar-refractivity contribution in [1.29, 1.82) is 0 Å². The van der Waals surface area contributed by atoms with Gasteiger partial charge >= 0.3 is 0 Å². The van der Waals surface area contributed by atoms with Crippen LogP contribution in [0.3, 0.4) is 0 Å². The van der Waals surface area contributed by atoms with Gasteiger partial charge in [-0.1, -0.05) is 6.92 Å². The van der Waals surface area contributed by atoms with Gasteiger partial charge in [0, 0.05) is 4.73 Å². The van der Waals surface area contributed by atoms with Crippen LogP contribution in [0.25, 0.3) is 0 Å². The lowest BCUT2D eigenvalue weighted by Crippen LogP contribution is -2.41. The quantitative estimate of drug-likeness (QED) is 0.565. The molecule has 16 heavy (non-hydrogen) atoms. The van der Waals surface area contributed by atoms with Crippen molar-refractivity contribution in [2.24, 2.45) is 5.14 Å². The van der Waals surface area contributed by atoms with Crippen molar-refractivity contribution in [3.63, 3.8) is 0 Å². The Morgan fingerprint density at radius 1 is 1.50 bits per heavy atom. The summed E-state index contributed by atoms with van der Waals surface area (Å²) in [7, 11) is -3.63. The van der Waals surface area contributed by atoms with Gasteiger partial charge in [-0.15, -0.1) is 0 Å². The predicted molar refractivity (Wildman–Crippen MR) is 57.3 cm³/mol. The van der Waals surface area contributed by atoms with Crippen LogP contribution < -0.4 is 9.87 Å². The molecule has 0 saturated heterocycles. The van der Waals surface area contributed by atoms with E-state index in [9.17, 15) is 13.6 Å². The Morgan fingerprint density at radius 3 is 2.50 bits per heavy atom. The average molecular weight is 246 g/mol. The summed E-state index contributed by atoms with van der Waals surface area (Å²) in [6.07, 6.45) is 2.86. The molecule has 6 nitrogen and oxygen atoms in total. The first-order chi connectivity index (χ1) is 7.23. The lowest BCUT2D eigenvalue weighted by atomic mass is 10.1. The summed E-state index contributed by atoms with van der Waals surface area (Å²) in [5, 5.41) is 13.9. The molecule has 0 saturated carbocycles. The second-order valence-corrected chi connectivity index (χ2v) is 5.80. The molecule has 0 aliphatic carbocycles. The molecule has 1 rings (SSSR count). The van der Waals surface area contributed by atoms with Gasteiger partial charge in [-0.25, -0.2) is 18.5 Å². The summed E-state index contributed by atoms with van der Waals surface area (Å²) < 4.78 is 23.3. The molecule has 3 N–H and O–H groups in total. The van der Waals surface area contributed by atoms with E-state index in [0.717, 1.165) is 4.73 Å². The van der Waals surface area contributed by atoms with Gasteiger partial charge in [0.1, 0.15) is 5.69 Å². The van der Waals surface area contributed by atoms with Gasteiger partial charge in [0.15, 0.2) is 0 Å². The Bertz CT molecular complexity index is 487. The highest BCUT2D eigenvalue weighted by Crippen LogP contribution is 2.19. The first-order valence-corrected chi connectivity index (χ1v) is 6.43. The first kappa shape index (κ1) is 12.9. The third-order valence-electron chi connectivity index (χ3n) is 2.66. The van der Waals surface area contributed by atoms with Gasteiger partial charge < -0.3 is 0 Å². The minimum absolute atomic E-state index is 0.409. The third kappa shape index (κ3) is 2.67. The molecule has 0 fully saturated rings. The fourth-order valence-corrected chi connectivity index (χ4v) is 2.07. The summed E-state index contributed by atoms with van der Waals surface area (Å²) in [5.74, 6) is -0.437. The maximum atomic E-state index is 11.2. The Labute approximate surface area is 94.8 Å². The normalized spacial score (nSPS) is 15.8. The minimum atomic E-state index is -3.63. The Kier molecular flexibility index (Phi) is 3.49. The molecule has 0 amide bonds. The molecule has 0 aromatic carbocycles. The first-order valence-electron chi connectivity index (χ1n) is 4.82. The zero-order valence-corrected chi connectivity index (χ0v) is 10.3. The van der Waals surface area contributed by atoms with E-state index in [0.29, 0.717) is 11.4 Å². The van der Waals surface area contributed by atoms with E-state index in [4.69, 9.17) is 5.14 Å². The Hall–Kier alpha value is -1.21. The molecule has 0 spiro atoms. The molecule has 0 aliphatic heterocycles. The molecule has 1 aromatic heterocycles. The van der Waals surface area contributed by atoms with E-state index < -0.39 is 21.2 Å². The lowest BCUT2D eigenvalue weighted by Gasteiger charge is -2.14. The Balaban J connectivity index is 3.10. The van der Waals surface area contributed by atoms with Crippen LogP contribution in [-0.2, 0) is 10.0 Å². The van der Waals surface area contributed by atoms with Gasteiger partial charge in [0.2, 0.25) is 16.2 Å². The van der Waals surface area contributed by atoms with Gasteiger partial charge in [-0.3, -0.25) is 5.21 Å². The summed E-state index contributed by atoms with van der Waals surface area (Å²) in [4.78, 5) is 4.01. The summed E-state index contributed by atoms with van der Waals surface area (Å²) >= 11 is 0. The third-order valence-corrected chi connectivity index (χ3v) is 4.11. The monoisotopic (exact) mass is 246 g/mol. The van der Waals surface area contributed by atoms with Gasteiger partial charge in [0.05, 0.1) is 17.4 Å². The van der Waals surface area contributed by atoms with E-state index >= 15 is 0 Å². The highest BCUT2D eigenvalue weighted by atomic mass is 32.2. The molecule has 2 atom stereocenters. The molecule has 0 bridgehead atoms. The summed E-state index contributed by atoms with van der Waals surface area (Å²) in [5.41, 5.74) is 1.05. The van der Waals surface area contributed by atoms with Crippen LogP contribution >= 0.6 is 0 Å². The zero-order valence-electron chi connectivity index (χ0n) is 9.45. The van der Waals surface area contributed by atoms with Crippen molar-refractivity contribution in [3.8, 4) is 0 Å². The minimum Gasteiger partial charge on any atom is -0.285 e. The van der Waals surface area contributed by atoms with E-state index in [2.05, 4.69) is 4.98 Å². The smallest absolute Gasteiger partial charge is 0.256 e. The fraction of sp³-hybridized carbons (Fsp3) is 0.556.